The maximum Gasteiger partial charge on any atom is 0.223 e. The van der Waals surface area contributed by atoms with Gasteiger partial charge in [0, 0.05) is 35.5 Å². The molecule has 1 aliphatic rings. The summed E-state index contributed by atoms with van der Waals surface area (Å²) in [6.45, 7) is 13.3. The van der Waals surface area contributed by atoms with E-state index in [9.17, 15) is 9.59 Å². The molecule has 0 saturated carbocycles. The van der Waals surface area contributed by atoms with Gasteiger partial charge in [0.15, 0.2) is 5.78 Å². The summed E-state index contributed by atoms with van der Waals surface area (Å²) in [5.74, 6) is 0.841. The number of carbonyl (C=O) groups excluding carboxylic acids is 2. The van der Waals surface area contributed by atoms with E-state index in [-0.39, 0.29) is 23.7 Å². The summed E-state index contributed by atoms with van der Waals surface area (Å²) >= 11 is 0. The number of carbonyl (C=O) groups is 2. The Morgan fingerprint density at radius 1 is 1.06 bits per heavy atom. The van der Waals surface area contributed by atoms with Gasteiger partial charge in [0.05, 0.1) is 6.54 Å². The molecule has 1 fully saturated rings. The smallest absolute Gasteiger partial charge is 0.223 e. The van der Waals surface area contributed by atoms with Gasteiger partial charge in [0.25, 0.3) is 0 Å². The normalized spacial score (nSPS) is 16.3. The molecule has 1 N–H and O–H groups in total. The molecule has 0 aliphatic carbocycles. The van der Waals surface area contributed by atoms with Gasteiger partial charge >= 0.3 is 0 Å². The van der Waals surface area contributed by atoms with Crippen LogP contribution in [-0.2, 0) is 17.8 Å². The zero-order valence-corrected chi connectivity index (χ0v) is 20.4. The van der Waals surface area contributed by atoms with E-state index in [2.05, 4.69) is 73.7 Å². The van der Waals surface area contributed by atoms with Gasteiger partial charge in [-0.25, -0.2) is 0 Å². The van der Waals surface area contributed by atoms with E-state index in [4.69, 9.17) is 0 Å². The molecule has 32 heavy (non-hydrogen) atoms. The van der Waals surface area contributed by atoms with Crippen molar-refractivity contribution in [3.8, 4) is 0 Å². The SMILES string of the molecule is Cc1cc(C(=O)CN2CCC(C(=O)NC(C)C(C)C)CC2)c(C)n1CCc1ccccc1. The molecule has 1 aromatic carbocycles. The molecule has 0 spiro atoms. The molecular formula is C27H39N3O2. The number of benzene rings is 1. The van der Waals surface area contributed by atoms with Crippen molar-refractivity contribution in [1.29, 1.82) is 0 Å². The first kappa shape index (κ1) is 24.2. The van der Waals surface area contributed by atoms with E-state index in [1.165, 1.54) is 5.56 Å². The number of piperidine rings is 1. The average molecular weight is 438 g/mol. The maximum atomic E-state index is 13.1. The zero-order valence-electron chi connectivity index (χ0n) is 20.4. The third-order valence-electron chi connectivity index (χ3n) is 7.04. The van der Waals surface area contributed by atoms with Crippen molar-refractivity contribution in [2.75, 3.05) is 19.6 Å². The zero-order chi connectivity index (χ0) is 23.3. The monoisotopic (exact) mass is 437 g/mol. The van der Waals surface area contributed by atoms with Crippen LogP contribution in [0.25, 0.3) is 0 Å². The summed E-state index contributed by atoms with van der Waals surface area (Å²) in [6.07, 6.45) is 2.59. The molecule has 5 heteroatoms. The van der Waals surface area contributed by atoms with E-state index in [0.717, 1.165) is 55.8 Å². The molecule has 2 heterocycles. The first-order chi connectivity index (χ1) is 15.3. The third kappa shape index (κ3) is 6.10. The Bertz CT molecular complexity index is 908. The molecule has 1 atom stereocenters. The number of aromatic nitrogens is 1. The Morgan fingerprint density at radius 2 is 1.72 bits per heavy atom. The molecule has 2 aromatic rings. The summed E-state index contributed by atoms with van der Waals surface area (Å²) in [4.78, 5) is 27.8. The third-order valence-corrected chi connectivity index (χ3v) is 7.04. The van der Waals surface area contributed by atoms with Crippen LogP contribution in [0.2, 0.25) is 0 Å². The lowest BCUT2D eigenvalue weighted by molar-refractivity contribution is -0.127. The number of Topliss-reactive ketones (excluding diaryl/α,β-unsaturated/α-hetero) is 1. The summed E-state index contributed by atoms with van der Waals surface area (Å²) < 4.78 is 2.26. The molecule has 1 aliphatic heterocycles. The summed E-state index contributed by atoms with van der Waals surface area (Å²) in [5.41, 5.74) is 4.33. The van der Waals surface area contributed by atoms with Gasteiger partial charge in [0.1, 0.15) is 0 Å². The standard InChI is InChI=1S/C27H39N3O2/c1-19(2)21(4)28-27(32)24-12-14-29(15-13-24)18-26(31)25-17-20(3)30(22(25)5)16-11-23-9-7-6-8-10-23/h6-10,17,19,21,24H,11-16,18H2,1-5H3,(H,28,32). The number of aryl methyl sites for hydroxylation is 2. The topological polar surface area (TPSA) is 54.3 Å². The van der Waals surface area contributed by atoms with Gasteiger partial charge in [-0.1, -0.05) is 44.2 Å². The van der Waals surface area contributed by atoms with Gasteiger partial charge in [0.2, 0.25) is 5.91 Å². The molecule has 0 radical (unpaired) electrons. The Kier molecular flexibility index (Phi) is 8.30. The fourth-order valence-electron chi connectivity index (χ4n) is 4.46. The molecule has 0 bridgehead atoms. The van der Waals surface area contributed by atoms with Crippen LogP contribution in [-0.4, -0.2) is 46.8 Å². The predicted molar refractivity (Wildman–Crippen MR) is 130 cm³/mol. The minimum Gasteiger partial charge on any atom is -0.353 e. The quantitative estimate of drug-likeness (QED) is 0.592. The van der Waals surface area contributed by atoms with E-state index >= 15 is 0 Å². The van der Waals surface area contributed by atoms with Crippen LogP contribution < -0.4 is 5.32 Å². The average Bonchev–Trinajstić information content (AvgIpc) is 3.06. The van der Waals surface area contributed by atoms with E-state index in [0.29, 0.717) is 12.5 Å². The Morgan fingerprint density at radius 3 is 2.34 bits per heavy atom. The molecule has 174 valence electrons. The Balaban J connectivity index is 1.53. The second-order valence-electron chi connectivity index (χ2n) is 9.69. The minimum absolute atomic E-state index is 0.0607. The number of nitrogens with one attached hydrogen (secondary N) is 1. The van der Waals surface area contributed by atoms with E-state index in [1.807, 2.05) is 12.1 Å². The highest BCUT2D eigenvalue weighted by molar-refractivity contribution is 5.99. The van der Waals surface area contributed by atoms with Crippen LogP contribution in [0.3, 0.4) is 0 Å². The van der Waals surface area contributed by atoms with Crippen molar-refractivity contribution in [2.24, 2.45) is 11.8 Å². The Labute approximate surface area is 193 Å². The second kappa shape index (κ2) is 11.0. The lowest BCUT2D eigenvalue weighted by atomic mass is 9.94. The highest BCUT2D eigenvalue weighted by atomic mass is 16.2. The lowest BCUT2D eigenvalue weighted by Gasteiger charge is -2.31. The number of hydrogen-bond donors (Lipinski definition) is 1. The first-order valence-electron chi connectivity index (χ1n) is 12.0. The number of ketones is 1. The number of nitrogens with zero attached hydrogens (tertiary/aromatic N) is 2. The van der Waals surface area contributed by atoms with Crippen LogP contribution in [0.5, 0.6) is 0 Å². The molecule has 5 nitrogen and oxygen atoms in total. The highest BCUT2D eigenvalue weighted by Gasteiger charge is 2.28. The molecular weight excluding hydrogens is 398 g/mol. The summed E-state index contributed by atoms with van der Waals surface area (Å²) in [7, 11) is 0. The fourth-order valence-corrected chi connectivity index (χ4v) is 4.46. The maximum absolute atomic E-state index is 13.1. The van der Waals surface area contributed by atoms with Crippen molar-refractivity contribution in [2.45, 2.75) is 66.5 Å². The van der Waals surface area contributed by atoms with Crippen LogP contribution in [0.15, 0.2) is 36.4 Å². The first-order valence-corrected chi connectivity index (χ1v) is 12.0. The van der Waals surface area contributed by atoms with Crippen molar-refractivity contribution in [3.63, 3.8) is 0 Å². The largest absolute Gasteiger partial charge is 0.353 e. The molecule has 1 unspecified atom stereocenters. The van der Waals surface area contributed by atoms with Crippen LogP contribution in [0.1, 0.15) is 60.9 Å². The van der Waals surface area contributed by atoms with Crippen LogP contribution in [0.4, 0.5) is 0 Å². The van der Waals surface area contributed by atoms with Gasteiger partial charge in [-0.3, -0.25) is 14.5 Å². The number of likely N-dealkylation sites (tertiary alicyclic amines) is 1. The van der Waals surface area contributed by atoms with Gasteiger partial charge < -0.3 is 9.88 Å². The molecule has 3 rings (SSSR count). The number of rotatable bonds is 9. The van der Waals surface area contributed by atoms with Gasteiger partial charge in [-0.05, 0) is 70.7 Å². The van der Waals surface area contributed by atoms with Gasteiger partial charge in [-0.15, -0.1) is 0 Å². The van der Waals surface area contributed by atoms with E-state index < -0.39 is 0 Å². The minimum atomic E-state index is 0.0607. The molecule has 1 amide bonds. The summed E-state index contributed by atoms with van der Waals surface area (Å²) in [5, 5.41) is 3.14. The predicted octanol–water partition coefficient (Wildman–Crippen LogP) is 4.40. The lowest BCUT2D eigenvalue weighted by Crippen LogP contribution is -2.45. The Hall–Kier alpha value is -2.40. The number of hydrogen-bond acceptors (Lipinski definition) is 3. The van der Waals surface area contributed by atoms with Crippen molar-refractivity contribution in [1.82, 2.24) is 14.8 Å². The van der Waals surface area contributed by atoms with Gasteiger partial charge in [-0.2, -0.15) is 0 Å². The molecule has 1 saturated heterocycles. The molecule has 1 aromatic heterocycles. The van der Waals surface area contributed by atoms with Crippen molar-refractivity contribution < 1.29 is 9.59 Å². The van der Waals surface area contributed by atoms with Crippen LogP contribution in [0, 0.1) is 25.7 Å². The number of amides is 1. The van der Waals surface area contributed by atoms with E-state index in [1.54, 1.807) is 0 Å². The summed E-state index contributed by atoms with van der Waals surface area (Å²) in [6, 6.07) is 12.7. The van der Waals surface area contributed by atoms with Crippen molar-refractivity contribution in [3.05, 3.63) is 58.9 Å². The second-order valence-corrected chi connectivity index (χ2v) is 9.69. The van der Waals surface area contributed by atoms with Crippen molar-refractivity contribution >= 4 is 11.7 Å². The van der Waals surface area contributed by atoms with Crippen LogP contribution >= 0.6 is 0 Å². The highest BCUT2D eigenvalue weighted by Crippen LogP contribution is 2.21. The fraction of sp³-hybridized carbons (Fsp3) is 0.556.